The van der Waals surface area contributed by atoms with Crippen LogP contribution in [0.3, 0.4) is 0 Å². The van der Waals surface area contributed by atoms with Crippen LogP contribution in [0.25, 0.3) is 0 Å². The van der Waals surface area contributed by atoms with Crippen molar-refractivity contribution in [2.45, 2.75) is 18.9 Å². The van der Waals surface area contributed by atoms with Gasteiger partial charge in [0.25, 0.3) is 5.91 Å². The maximum Gasteiger partial charge on any atom is 0.335 e. The van der Waals surface area contributed by atoms with Crippen LogP contribution in [0, 0.1) is 0 Å². The molecule has 2 N–H and O–H groups in total. The van der Waals surface area contributed by atoms with Gasteiger partial charge in [-0.2, -0.15) is 0 Å². The molecule has 7 nitrogen and oxygen atoms in total. The maximum absolute atomic E-state index is 13.1. The number of hydrogen-bond donors (Lipinski definition) is 2. The first-order chi connectivity index (χ1) is 12.7. The highest BCUT2D eigenvalue weighted by molar-refractivity contribution is 7.90. The number of thiophene rings is 1. The predicted molar refractivity (Wildman–Crippen MR) is 104 cm³/mol. The summed E-state index contributed by atoms with van der Waals surface area (Å²) in [6, 6.07) is 8.08. The van der Waals surface area contributed by atoms with Crippen molar-refractivity contribution in [3.63, 3.8) is 0 Å². The van der Waals surface area contributed by atoms with Gasteiger partial charge in [0, 0.05) is 28.9 Å². The number of carboxylic acid groups (broad SMARTS) is 1. The van der Waals surface area contributed by atoms with Crippen LogP contribution in [-0.2, 0) is 9.84 Å². The summed E-state index contributed by atoms with van der Waals surface area (Å²) in [5.41, 5.74) is 0.452. The highest BCUT2D eigenvalue weighted by Crippen LogP contribution is 2.35. The molecule has 3 rings (SSSR count). The molecule has 1 fully saturated rings. The fourth-order valence-corrected chi connectivity index (χ4v) is 4.45. The Kier molecular flexibility index (Phi) is 5.52. The molecule has 1 unspecified atom stereocenters. The van der Waals surface area contributed by atoms with Crippen LogP contribution < -0.4 is 5.32 Å². The molecule has 1 aromatic carbocycles. The Morgan fingerprint density at radius 2 is 2.04 bits per heavy atom. The number of carbonyl (C=O) groups excluding carboxylic acids is 1. The lowest BCUT2D eigenvalue weighted by Crippen LogP contribution is -2.30. The summed E-state index contributed by atoms with van der Waals surface area (Å²) in [5.74, 6) is -1.77. The van der Waals surface area contributed by atoms with Crippen LogP contribution in [0.5, 0.6) is 0 Å². The number of hydrogen-bond acceptors (Lipinski definition) is 6. The fraction of sp³-hybridized carbons (Fsp3) is 0.333. The van der Waals surface area contributed by atoms with E-state index in [4.69, 9.17) is 0 Å². The maximum atomic E-state index is 13.1. The summed E-state index contributed by atoms with van der Waals surface area (Å²) < 4.78 is 22.7. The molecule has 1 aliphatic heterocycles. The minimum atomic E-state index is -3.30. The Hall–Kier alpha value is -2.39. The van der Waals surface area contributed by atoms with Gasteiger partial charge in [0.1, 0.15) is 5.88 Å². The number of carboxylic acids is 1. The second-order valence-electron chi connectivity index (χ2n) is 6.52. The number of likely N-dealkylation sites (tertiary alicyclic amines) is 1. The molecule has 1 saturated heterocycles. The van der Waals surface area contributed by atoms with E-state index in [9.17, 15) is 23.1 Å². The lowest BCUT2D eigenvalue weighted by molar-refractivity contribution is 0.0697. The molecule has 27 heavy (non-hydrogen) atoms. The highest BCUT2D eigenvalue weighted by Gasteiger charge is 2.31. The molecular formula is C18H20N2O5S2. The van der Waals surface area contributed by atoms with Crippen molar-refractivity contribution >= 4 is 38.7 Å². The van der Waals surface area contributed by atoms with Crippen molar-refractivity contribution in [2.75, 3.05) is 24.0 Å². The molecule has 9 heteroatoms. The summed E-state index contributed by atoms with van der Waals surface area (Å²) in [7, 11) is -3.30. The highest BCUT2D eigenvalue weighted by atomic mass is 32.2. The number of amides is 1. The van der Waals surface area contributed by atoms with Gasteiger partial charge in [-0.3, -0.25) is 4.79 Å². The number of carbonyl (C=O) groups is 2. The van der Waals surface area contributed by atoms with Gasteiger partial charge in [-0.15, -0.1) is 11.3 Å². The second-order valence-corrected chi connectivity index (χ2v) is 9.64. The lowest BCUT2D eigenvalue weighted by Gasteiger charge is -2.24. The Morgan fingerprint density at radius 3 is 2.67 bits per heavy atom. The third-order valence-electron chi connectivity index (χ3n) is 4.35. The molecule has 1 amide bonds. The smallest absolute Gasteiger partial charge is 0.335 e. The number of nitrogens with one attached hydrogen (secondary N) is 1. The van der Waals surface area contributed by atoms with E-state index in [0.717, 1.165) is 24.0 Å². The third kappa shape index (κ3) is 4.67. The number of anilines is 1. The summed E-state index contributed by atoms with van der Waals surface area (Å²) >= 11 is 1.59. The summed E-state index contributed by atoms with van der Waals surface area (Å²) in [6.45, 7) is 0.602. The molecule has 1 aliphatic rings. The minimum absolute atomic E-state index is 0.0154. The fourth-order valence-electron chi connectivity index (χ4n) is 3.14. The van der Waals surface area contributed by atoms with Crippen LogP contribution in [0.1, 0.15) is 44.5 Å². The van der Waals surface area contributed by atoms with Crippen molar-refractivity contribution in [1.29, 1.82) is 0 Å². The summed E-state index contributed by atoms with van der Waals surface area (Å²) in [6.07, 6.45) is 2.82. The van der Waals surface area contributed by atoms with Gasteiger partial charge < -0.3 is 15.3 Å². The van der Waals surface area contributed by atoms with Crippen molar-refractivity contribution in [3.05, 3.63) is 51.7 Å². The van der Waals surface area contributed by atoms with E-state index in [1.807, 2.05) is 17.5 Å². The number of benzene rings is 1. The SMILES string of the molecule is CS(=O)(=O)CNc1cc(C(=O)O)cc(C(=O)N2CCCC2c2cccs2)c1. The van der Waals surface area contributed by atoms with E-state index in [-0.39, 0.29) is 34.6 Å². The van der Waals surface area contributed by atoms with Crippen molar-refractivity contribution in [2.24, 2.45) is 0 Å². The quantitative estimate of drug-likeness (QED) is 0.762. The van der Waals surface area contributed by atoms with Gasteiger partial charge in [0.2, 0.25) is 0 Å². The largest absolute Gasteiger partial charge is 0.478 e. The predicted octanol–water partition coefficient (Wildman–Crippen LogP) is 2.84. The Labute approximate surface area is 161 Å². The standard InChI is InChI=1S/C18H20N2O5S2/c1-27(24,25)11-19-14-9-12(8-13(10-14)18(22)23)17(21)20-6-2-4-15(20)16-5-3-7-26-16/h3,5,7-10,15,19H,2,4,6,11H2,1H3,(H,22,23). The first-order valence-corrected chi connectivity index (χ1v) is 11.3. The Bertz CT molecular complexity index is 954. The molecule has 0 radical (unpaired) electrons. The minimum Gasteiger partial charge on any atom is -0.478 e. The van der Waals surface area contributed by atoms with E-state index < -0.39 is 15.8 Å². The van der Waals surface area contributed by atoms with Crippen LogP contribution in [0.15, 0.2) is 35.7 Å². The molecule has 2 aromatic rings. The second kappa shape index (κ2) is 7.69. The first kappa shape index (κ1) is 19.4. The number of aromatic carboxylic acids is 1. The van der Waals surface area contributed by atoms with E-state index in [1.165, 1.54) is 18.2 Å². The zero-order valence-electron chi connectivity index (χ0n) is 14.7. The average molecular weight is 409 g/mol. The van der Waals surface area contributed by atoms with Gasteiger partial charge in [-0.05, 0) is 42.5 Å². The molecule has 1 aromatic heterocycles. The normalized spacial score (nSPS) is 17.1. The van der Waals surface area contributed by atoms with Crippen LogP contribution in [-0.4, -0.2) is 49.0 Å². The first-order valence-electron chi connectivity index (χ1n) is 8.39. The molecule has 0 saturated carbocycles. The Morgan fingerprint density at radius 1 is 1.30 bits per heavy atom. The number of sulfone groups is 1. The zero-order chi connectivity index (χ0) is 19.6. The van der Waals surface area contributed by atoms with Crippen molar-refractivity contribution in [3.8, 4) is 0 Å². The van der Waals surface area contributed by atoms with Gasteiger partial charge in [-0.1, -0.05) is 6.07 Å². The van der Waals surface area contributed by atoms with E-state index >= 15 is 0 Å². The van der Waals surface area contributed by atoms with E-state index in [2.05, 4.69) is 5.32 Å². The van der Waals surface area contributed by atoms with Gasteiger partial charge in [0.05, 0.1) is 11.6 Å². The number of nitrogens with zero attached hydrogens (tertiary/aromatic N) is 1. The molecule has 0 bridgehead atoms. The van der Waals surface area contributed by atoms with Crippen LogP contribution >= 0.6 is 11.3 Å². The molecule has 2 heterocycles. The molecular weight excluding hydrogens is 388 g/mol. The molecule has 0 spiro atoms. The summed E-state index contributed by atoms with van der Waals surface area (Å²) in [4.78, 5) is 27.4. The average Bonchev–Trinajstić information content (AvgIpc) is 3.29. The topological polar surface area (TPSA) is 104 Å². The summed E-state index contributed by atoms with van der Waals surface area (Å²) in [5, 5.41) is 14.0. The van der Waals surface area contributed by atoms with Gasteiger partial charge in [0.15, 0.2) is 9.84 Å². The van der Waals surface area contributed by atoms with Crippen LogP contribution in [0.2, 0.25) is 0 Å². The zero-order valence-corrected chi connectivity index (χ0v) is 16.3. The molecule has 0 aliphatic carbocycles. The van der Waals surface area contributed by atoms with Crippen molar-refractivity contribution in [1.82, 2.24) is 4.90 Å². The lowest BCUT2D eigenvalue weighted by atomic mass is 10.1. The Balaban J connectivity index is 1.91. The van der Waals surface area contributed by atoms with Gasteiger partial charge in [-0.25, -0.2) is 13.2 Å². The van der Waals surface area contributed by atoms with E-state index in [0.29, 0.717) is 6.54 Å². The third-order valence-corrected chi connectivity index (χ3v) is 5.99. The monoisotopic (exact) mass is 408 g/mol. The van der Waals surface area contributed by atoms with Crippen molar-refractivity contribution < 1.29 is 23.1 Å². The molecule has 144 valence electrons. The van der Waals surface area contributed by atoms with Crippen LogP contribution in [0.4, 0.5) is 5.69 Å². The van der Waals surface area contributed by atoms with E-state index in [1.54, 1.807) is 16.2 Å². The van der Waals surface area contributed by atoms with Gasteiger partial charge >= 0.3 is 5.97 Å². The molecule has 1 atom stereocenters. The number of rotatable bonds is 6.